The van der Waals surface area contributed by atoms with E-state index in [1.165, 1.54) is 12.1 Å². The molecule has 2 aromatic carbocycles. The lowest BCUT2D eigenvalue weighted by Gasteiger charge is -2.16. The van der Waals surface area contributed by atoms with Crippen LogP contribution in [0.5, 0.6) is 11.5 Å². The Labute approximate surface area is 153 Å². The quantitative estimate of drug-likeness (QED) is 0.646. The summed E-state index contributed by atoms with van der Waals surface area (Å²) in [7, 11) is -6.77. The molecule has 0 spiro atoms. The summed E-state index contributed by atoms with van der Waals surface area (Å²) in [4.78, 5) is 18.6. The number of benzene rings is 2. The van der Waals surface area contributed by atoms with Gasteiger partial charge in [0, 0.05) is 6.26 Å². The van der Waals surface area contributed by atoms with E-state index in [1.54, 1.807) is 18.2 Å². The zero-order chi connectivity index (χ0) is 19.7. The average molecular weight is 398 g/mol. The maximum Gasteiger partial charge on any atom is 0.179 e. The second kappa shape index (κ2) is 7.45. The van der Waals surface area contributed by atoms with Crippen molar-refractivity contribution in [1.82, 2.24) is 0 Å². The first-order valence-corrected chi connectivity index (χ1v) is 11.8. The van der Waals surface area contributed by atoms with Crippen LogP contribution in [-0.4, -0.2) is 42.2 Å². The van der Waals surface area contributed by atoms with Crippen LogP contribution in [0.15, 0.2) is 35.2 Å². The zero-order valence-corrected chi connectivity index (χ0v) is 16.6. The molecule has 0 saturated heterocycles. The predicted molar refractivity (Wildman–Crippen MR) is 104 cm³/mol. The number of hydrogen-bond donors (Lipinski definition) is 3. The van der Waals surface area contributed by atoms with Crippen LogP contribution in [0.1, 0.15) is 22.3 Å². The Balaban J connectivity index is 2.32. The number of rotatable bonds is 6. The van der Waals surface area contributed by atoms with E-state index in [2.05, 4.69) is 6.30 Å². The van der Waals surface area contributed by atoms with Gasteiger partial charge >= 0.3 is 0 Å². The van der Waals surface area contributed by atoms with Crippen LogP contribution < -0.4 is 4.74 Å². The molecule has 0 aliphatic heterocycles. The fourth-order valence-corrected chi connectivity index (χ4v) is 3.83. The van der Waals surface area contributed by atoms with Gasteiger partial charge in [0.2, 0.25) is 0 Å². The summed E-state index contributed by atoms with van der Waals surface area (Å²) in [5.41, 5.74) is 3.62. The lowest BCUT2D eigenvalue weighted by Crippen LogP contribution is -2.03. The molecule has 26 heavy (non-hydrogen) atoms. The first-order valence-electron chi connectivity index (χ1n) is 7.79. The molecule has 0 saturated carbocycles. The van der Waals surface area contributed by atoms with Crippen molar-refractivity contribution >= 4 is 23.5 Å². The topological polar surface area (TPSA) is 104 Å². The van der Waals surface area contributed by atoms with Crippen molar-refractivity contribution in [2.45, 2.75) is 25.2 Å². The number of phenolic OH excluding ortho intramolecular Hbond substituents is 1. The molecule has 0 unspecified atom stereocenters. The van der Waals surface area contributed by atoms with Crippen molar-refractivity contribution in [3.05, 3.63) is 52.6 Å². The van der Waals surface area contributed by atoms with Crippen molar-refractivity contribution in [1.29, 1.82) is 0 Å². The molecule has 142 valence electrons. The Bertz CT molecular complexity index is 952. The molecule has 2 aromatic rings. The fourth-order valence-electron chi connectivity index (χ4n) is 2.66. The molecule has 0 aromatic heterocycles. The summed E-state index contributed by atoms with van der Waals surface area (Å²) in [6.45, 7) is 3.80. The highest BCUT2D eigenvalue weighted by molar-refractivity contribution is 7.90. The Morgan fingerprint density at radius 1 is 1.12 bits per heavy atom. The van der Waals surface area contributed by atoms with Gasteiger partial charge in [-0.15, -0.1) is 0 Å². The number of hydrogen-bond acceptors (Lipinski definition) is 6. The van der Waals surface area contributed by atoms with Gasteiger partial charge in [-0.05, 0) is 73.1 Å². The maximum absolute atomic E-state index is 11.8. The van der Waals surface area contributed by atoms with E-state index >= 15 is 0 Å². The zero-order valence-electron chi connectivity index (χ0n) is 14.9. The van der Waals surface area contributed by atoms with Crippen molar-refractivity contribution < 1.29 is 28.0 Å². The first kappa shape index (κ1) is 20.5. The SMILES string of the molecule is C=P(O)(O)COc1cc(C)c(Cc2ccc(O)c(S(C)(=O)=O)c2)c(C)c1. The Morgan fingerprint density at radius 3 is 2.19 bits per heavy atom. The molecule has 0 aliphatic rings. The molecule has 0 bridgehead atoms. The Hall–Kier alpha value is -1.79. The Morgan fingerprint density at radius 2 is 1.69 bits per heavy atom. The minimum absolute atomic E-state index is 0.0908. The van der Waals surface area contributed by atoms with Crippen LogP contribution in [0, 0.1) is 13.8 Å². The third-order valence-electron chi connectivity index (χ3n) is 3.91. The van der Waals surface area contributed by atoms with Crippen molar-refractivity contribution in [3.63, 3.8) is 0 Å². The lowest BCUT2D eigenvalue weighted by molar-refractivity contribution is 0.344. The predicted octanol–water partition coefficient (Wildman–Crippen LogP) is 2.60. The van der Waals surface area contributed by atoms with Gasteiger partial charge in [-0.25, -0.2) is 8.42 Å². The standard InChI is InChI=1S/C18H23O6PS/c1-12-7-15(24-11-25(3,20)21)8-13(2)16(12)9-14-5-6-17(19)18(10-14)26(4,22)23/h5-8,10,19-21H,3,9,11H2,1-2,4H3. The van der Waals surface area contributed by atoms with E-state index < -0.39 is 17.2 Å². The van der Waals surface area contributed by atoms with Crippen LogP contribution in [0.4, 0.5) is 0 Å². The maximum atomic E-state index is 11.8. The van der Waals surface area contributed by atoms with E-state index in [1.807, 2.05) is 13.8 Å². The highest BCUT2D eigenvalue weighted by Crippen LogP contribution is 2.35. The van der Waals surface area contributed by atoms with Crippen LogP contribution in [0.25, 0.3) is 0 Å². The molecule has 8 heteroatoms. The average Bonchev–Trinajstić information content (AvgIpc) is 2.48. The molecule has 0 radical (unpaired) electrons. The van der Waals surface area contributed by atoms with Gasteiger partial charge in [0.1, 0.15) is 23.7 Å². The molecule has 0 amide bonds. The van der Waals surface area contributed by atoms with Crippen molar-refractivity contribution in [2.24, 2.45) is 0 Å². The lowest BCUT2D eigenvalue weighted by atomic mass is 9.96. The van der Waals surface area contributed by atoms with Crippen molar-refractivity contribution in [2.75, 3.05) is 12.6 Å². The smallest absolute Gasteiger partial charge is 0.179 e. The number of phenols is 1. The number of sulfone groups is 1. The highest BCUT2D eigenvalue weighted by Gasteiger charge is 2.15. The minimum Gasteiger partial charge on any atom is -0.507 e. The third-order valence-corrected chi connectivity index (χ3v) is 5.58. The van der Waals surface area contributed by atoms with Crippen LogP contribution in [0.2, 0.25) is 0 Å². The molecule has 6 nitrogen and oxygen atoms in total. The number of aromatic hydroxyl groups is 1. The van der Waals surface area contributed by atoms with Gasteiger partial charge in [0.05, 0.1) is 0 Å². The molecule has 2 rings (SSSR count). The normalized spacial score (nSPS) is 12.2. The second-order valence-corrected chi connectivity index (χ2v) is 10.4. The van der Waals surface area contributed by atoms with Gasteiger partial charge in [-0.2, -0.15) is 0 Å². The van der Waals surface area contributed by atoms with Crippen LogP contribution in [0.3, 0.4) is 0 Å². The van der Waals surface area contributed by atoms with Gasteiger partial charge in [0.25, 0.3) is 0 Å². The third kappa shape index (κ3) is 5.35. The van der Waals surface area contributed by atoms with E-state index in [9.17, 15) is 23.3 Å². The summed E-state index contributed by atoms with van der Waals surface area (Å²) in [6, 6.07) is 8.12. The minimum atomic E-state index is -3.52. The van der Waals surface area contributed by atoms with E-state index in [0.717, 1.165) is 28.5 Å². The van der Waals surface area contributed by atoms with E-state index in [-0.39, 0.29) is 17.0 Å². The summed E-state index contributed by atoms with van der Waals surface area (Å²) in [5, 5.41) is 9.77. The van der Waals surface area contributed by atoms with Gasteiger partial charge < -0.3 is 19.6 Å². The molecule has 0 atom stereocenters. The summed E-state index contributed by atoms with van der Waals surface area (Å²) < 4.78 is 28.9. The fraction of sp³-hybridized carbons (Fsp3) is 0.278. The number of aryl methyl sites for hydroxylation is 2. The van der Waals surface area contributed by atoms with Crippen molar-refractivity contribution in [3.8, 4) is 11.5 Å². The van der Waals surface area contributed by atoms with Crippen LogP contribution in [-0.2, 0) is 16.3 Å². The first-order chi connectivity index (χ1) is 11.9. The van der Waals surface area contributed by atoms with Gasteiger partial charge in [-0.1, -0.05) is 6.07 Å². The molecular formula is C18H23O6PS. The summed E-state index contributed by atoms with van der Waals surface area (Å²) >= 11 is 0. The molecule has 3 N–H and O–H groups in total. The van der Waals surface area contributed by atoms with E-state index in [0.29, 0.717) is 12.2 Å². The van der Waals surface area contributed by atoms with Gasteiger partial charge in [0.15, 0.2) is 16.2 Å². The second-order valence-electron chi connectivity index (χ2n) is 6.44. The number of ether oxygens (including phenoxy) is 1. The molecule has 0 aliphatic carbocycles. The molecule has 0 heterocycles. The van der Waals surface area contributed by atoms with Crippen LogP contribution >= 0.6 is 7.34 Å². The van der Waals surface area contributed by atoms with E-state index in [4.69, 9.17) is 4.74 Å². The molecular weight excluding hydrogens is 375 g/mol. The largest absolute Gasteiger partial charge is 0.507 e. The monoisotopic (exact) mass is 398 g/mol. The summed E-state index contributed by atoms with van der Waals surface area (Å²) in [6.07, 6.45) is 4.57. The summed E-state index contributed by atoms with van der Waals surface area (Å²) in [5.74, 6) is 0.254. The van der Waals surface area contributed by atoms with Gasteiger partial charge in [-0.3, -0.25) is 0 Å². The highest BCUT2D eigenvalue weighted by atomic mass is 32.2. The molecule has 0 fully saturated rings. The Kier molecular flexibility index (Phi) is 5.88.